The van der Waals surface area contributed by atoms with E-state index >= 15 is 0 Å². The minimum absolute atomic E-state index is 0. The van der Waals surface area contributed by atoms with Gasteiger partial charge < -0.3 is 10.6 Å². The molecular formula is C18H28IN5O2S. The van der Waals surface area contributed by atoms with Gasteiger partial charge in [0.15, 0.2) is 15.8 Å². The summed E-state index contributed by atoms with van der Waals surface area (Å²) in [5.41, 5.74) is 2.92. The number of nitrogens with zero attached hydrogens (tertiary/aromatic N) is 3. The number of aliphatic imine (C=N–C) groups is 1. The van der Waals surface area contributed by atoms with Gasteiger partial charge in [0.2, 0.25) is 0 Å². The van der Waals surface area contributed by atoms with Gasteiger partial charge in [-0.2, -0.15) is 5.10 Å². The Morgan fingerprint density at radius 1 is 1.26 bits per heavy atom. The number of nitrogens with one attached hydrogen (secondary N) is 2. The van der Waals surface area contributed by atoms with Gasteiger partial charge in [0.25, 0.3) is 0 Å². The highest BCUT2D eigenvalue weighted by Crippen LogP contribution is 2.16. The average molecular weight is 505 g/mol. The second-order valence-corrected chi connectivity index (χ2v) is 8.34. The van der Waals surface area contributed by atoms with E-state index in [0.29, 0.717) is 17.4 Å². The zero-order valence-electron chi connectivity index (χ0n) is 16.2. The summed E-state index contributed by atoms with van der Waals surface area (Å²) in [6.45, 7) is 6.04. The highest BCUT2D eigenvalue weighted by atomic mass is 127. The fourth-order valence-corrected chi connectivity index (χ4v) is 3.64. The minimum Gasteiger partial charge on any atom is -0.356 e. The number of hydrogen-bond acceptors (Lipinski definition) is 4. The lowest BCUT2D eigenvalue weighted by atomic mass is 10.1. The molecule has 0 aliphatic rings. The normalized spacial score (nSPS) is 11.8. The molecule has 0 aliphatic heterocycles. The van der Waals surface area contributed by atoms with Crippen LogP contribution in [0.4, 0.5) is 0 Å². The van der Waals surface area contributed by atoms with Gasteiger partial charge in [0.05, 0.1) is 11.1 Å². The zero-order valence-corrected chi connectivity index (χ0v) is 19.3. The molecule has 0 aliphatic carbocycles. The molecule has 0 amide bonds. The van der Waals surface area contributed by atoms with Crippen molar-refractivity contribution in [3.63, 3.8) is 0 Å². The van der Waals surface area contributed by atoms with Crippen molar-refractivity contribution >= 4 is 39.8 Å². The molecule has 150 valence electrons. The molecule has 1 aromatic heterocycles. The van der Waals surface area contributed by atoms with Gasteiger partial charge in [0, 0.05) is 39.1 Å². The topological polar surface area (TPSA) is 88.4 Å². The molecule has 7 nitrogen and oxygen atoms in total. The Hall–Kier alpha value is -1.62. The molecule has 0 saturated carbocycles. The molecule has 0 bridgehead atoms. The quantitative estimate of drug-likeness (QED) is 0.261. The number of hydrogen-bond donors (Lipinski definition) is 2. The van der Waals surface area contributed by atoms with Crippen molar-refractivity contribution in [2.75, 3.05) is 19.8 Å². The molecule has 2 N–H and O–H groups in total. The lowest BCUT2D eigenvalue weighted by Crippen LogP contribution is -2.37. The molecule has 0 atom stereocenters. The van der Waals surface area contributed by atoms with Crippen LogP contribution in [0.3, 0.4) is 0 Å². The van der Waals surface area contributed by atoms with Gasteiger partial charge in [-0.1, -0.05) is 12.1 Å². The molecule has 1 aromatic carbocycles. The summed E-state index contributed by atoms with van der Waals surface area (Å²) in [6, 6.07) is 5.37. The predicted molar refractivity (Wildman–Crippen MR) is 119 cm³/mol. The van der Waals surface area contributed by atoms with Crippen molar-refractivity contribution in [1.29, 1.82) is 0 Å². The fourth-order valence-electron chi connectivity index (χ4n) is 2.68. The Morgan fingerprint density at radius 2 is 2.00 bits per heavy atom. The van der Waals surface area contributed by atoms with Gasteiger partial charge >= 0.3 is 0 Å². The maximum absolute atomic E-state index is 11.7. The van der Waals surface area contributed by atoms with Crippen molar-refractivity contribution < 1.29 is 8.42 Å². The van der Waals surface area contributed by atoms with Gasteiger partial charge in [0.1, 0.15) is 0 Å². The van der Waals surface area contributed by atoms with Crippen LogP contribution in [0.2, 0.25) is 0 Å². The van der Waals surface area contributed by atoms with E-state index in [2.05, 4.69) is 20.7 Å². The Kier molecular flexibility index (Phi) is 9.23. The molecule has 1 heterocycles. The molecule has 2 aromatic rings. The molecule has 27 heavy (non-hydrogen) atoms. The molecule has 9 heteroatoms. The molecule has 0 radical (unpaired) electrons. The maximum atomic E-state index is 11.7. The lowest BCUT2D eigenvalue weighted by molar-refractivity contribution is 0.570. The second kappa shape index (κ2) is 10.6. The molecule has 0 spiro atoms. The first-order chi connectivity index (χ1) is 12.3. The largest absolute Gasteiger partial charge is 0.356 e. The first kappa shape index (κ1) is 23.4. The molecule has 0 saturated heterocycles. The van der Waals surface area contributed by atoms with Gasteiger partial charge in [-0.25, -0.2) is 8.42 Å². The summed E-state index contributed by atoms with van der Waals surface area (Å²) in [7, 11) is -1.46. The van der Waals surface area contributed by atoms with Crippen LogP contribution in [0, 0.1) is 13.8 Å². The van der Waals surface area contributed by atoms with E-state index in [4.69, 9.17) is 0 Å². The Morgan fingerprint density at radius 3 is 2.56 bits per heavy atom. The predicted octanol–water partition coefficient (Wildman–Crippen LogP) is 2.28. The van der Waals surface area contributed by atoms with E-state index in [0.717, 1.165) is 36.2 Å². The van der Waals surface area contributed by atoms with E-state index in [9.17, 15) is 8.42 Å². The summed E-state index contributed by atoms with van der Waals surface area (Å²) >= 11 is 0. The molecule has 0 fully saturated rings. The summed E-state index contributed by atoms with van der Waals surface area (Å²) in [6.07, 6.45) is 6.04. The van der Waals surface area contributed by atoms with Crippen LogP contribution in [-0.2, 0) is 22.9 Å². The minimum atomic E-state index is -3.19. The number of rotatable bonds is 7. The zero-order chi connectivity index (χ0) is 19.2. The van der Waals surface area contributed by atoms with Gasteiger partial charge in [-0.15, -0.1) is 24.0 Å². The number of guanidine groups is 1. The van der Waals surface area contributed by atoms with Crippen LogP contribution in [0.1, 0.15) is 23.1 Å². The number of sulfone groups is 1. The van der Waals surface area contributed by atoms with Crippen molar-refractivity contribution in [2.24, 2.45) is 4.99 Å². The molecule has 0 unspecified atom stereocenters. The molecule has 2 rings (SSSR count). The Bertz CT molecular complexity index is 878. The maximum Gasteiger partial charge on any atom is 0.191 e. The number of benzene rings is 1. The van der Waals surface area contributed by atoms with E-state index in [1.54, 1.807) is 13.1 Å². The van der Waals surface area contributed by atoms with Gasteiger partial charge in [-0.05, 0) is 43.0 Å². The van der Waals surface area contributed by atoms with Crippen molar-refractivity contribution in [3.8, 4) is 0 Å². The van der Waals surface area contributed by atoms with Crippen LogP contribution in [0.5, 0.6) is 0 Å². The third-order valence-corrected chi connectivity index (χ3v) is 5.20. The highest BCUT2D eigenvalue weighted by molar-refractivity contribution is 14.0. The van der Waals surface area contributed by atoms with Crippen LogP contribution >= 0.6 is 24.0 Å². The van der Waals surface area contributed by atoms with E-state index < -0.39 is 9.84 Å². The average Bonchev–Trinajstić information content (AvgIpc) is 2.98. The second-order valence-electron chi connectivity index (χ2n) is 6.36. The van der Waals surface area contributed by atoms with Crippen LogP contribution in [0.25, 0.3) is 0 Å². The lowest BCUT2D eigenvalue weighted by Gasteiger charge is -2.13. The summed E-state index contributed by atoms with van der Waals surface area (Å²) in [4.78, 5) is 4.58. The van der Waals surface area contributed by atoms with E-state index in [1.807, 2.05) is 43.1 Å². The fraction of sp³-hybridized carbons (Fsp3) is 0.444. The van der Waals surface area contributed by atoms with Crippen LogP contribution in [0.15, 0.2) is 40.5 Å². The van der Waals surface area contributed by atoms with E-state index in [-0.39, 0.29) is 24.0 Å². The highest BCUT2D eigenvalue weighted by Gasteiger charge is 2.10. The number of aromatic nitrogens is 2. The third kappa shape index (κ3) is 7.49. The van der Waals surface area contributed by atoms with Gasteiger partial charge in [-0.3, -0.25) is 9.67 Å². The summed E-state index contributed by atoms with van der Waals surface area (Å²) in [5.74, 6) is 0.714. The van der Waals surface area contributed by atoms with Crippen molar-refractivity contribution in [1.82, 2.24) is 20.4 Å². The van der Waals surface area contributed by atoms with Crippen molar-refractivity contribution in [2.45, 2.75) is 38.3 Å². The van der Waals surface area contributed by atoms with Crippen LogP contribution in [-0.4, -0.2) is 44.0 Å². The monoisotopic (exact) mass is 505 g/mol. The third-order valence-electron chi connectivity index (χ3n) is 3.94. The standard InChI is InChI=1S/C18H27N5O2S.HI/c1-14-11-22-23(13-14)9-5-8-20-18(19-3)21-12-16-6-7-17(15(2)10-16)26(4,24)25;/h6-7,10-11,13H,5,8-9,12H2,1-4H3,(H2,19,20,21);1H. The molecular weight excluding hydrogens is 477 g/mol. The number of halogens is 1. The van der Waals surface area contributed by atoms with Crippen LogP contribution < -0.4 is 10.6 Å². The summed E-state index contributed by atoms with van der Waals surface area (Å²) in [5, 5.41) is 10.8. The first-order valence-corrected chi connectivity index (χ1v) is 10.4. The van der Waals surface area contributed by atoms with E-state index in [1.165, 1.54) is 6.26 Å². The first-order valence-electron chi connectivity index (χ1n) is 8.53. The Balaban J connectivity index is 0.00000364. The SMILES string of the molecule is CN=C(NCCCn1cc(C)cn1)NCc1ccc(S(C)(=O)=O)c(C)c1.I. The smallest absolute Gasteiger partial charge is 0.191 e. The summed E-state index contributed by atoms with van der Waals surface area (Å²) < 4.78 is 25.3. The van der Waals surface area contributed by atoms with Crippen molar-refractivity contribution in [3.05, 3.63) is 47.3 Å². The Labute approximate surface area is 178 Å². The number of aryl methyl sites for hydroxylation is 3.